The third-order valence-corrected chi connectivity index (χ3v) is 4.71. The van der Waals surface area contributed by atoms with Gasteiger partial charge in [0.25, 0.3) is 0 Å². The molecule has 29 heavy (non-hydrogen) atoms. The Morgan fingerprint density at radius 2 is 1.52 bits per heavy atom. The SMILES string of the molecule is CCCCCCOc1ccc(COC2=CC(=O)c3c(O)ccc(O)c3C2=O)cc1. The van der Waals surface area contributed by atoms with Gasteiger partial charge in [-0.15, -0.1) is 0 Å². The lowest BCUT2D eigenvalue weighted by Gasteiger charge is -2.17. The number of rotatable bonds is 9. The fourth-order valence-corrected chi connectivity index (χ4v) is 3.11. The Morgan fingerprint density at radius 3 is 2.21 bits per heavy atom. The van der Waals surface area contributed by atoms with Crippen molar-refractivity contribution in [1.29, 1.82) is 0 Å². The largest absolute Gasteiger partial charge is 0.507 e. The summed E-state index contributed by atoms with van der Waals surface area (Å²) in [6.07, 6.45) is 5.61. The highest BCUT2D eigenvalue weighted by Gasteiger charge is 2.32. The average molecular weight is 396 g/mol. The zero-order valence-electron chi connectivity index (χ0n) is 16.3. The second-order valence-electron chi connectivity index (χ2n) is 6.90. The summed E-state index contributed by atoms with van der Waals surface area (Å²) in [5.74, 6) is -1.35. The van der Waals surface area contributed by atoms with Crippen molar-refractivity contribution in [3.63, 3.8) is 0 Å². The molecule has 0 amide bonds. The number of allylic oxidation sites excluding steroid dienone is 2. The van der Waals surface area contributed by atoms with E-state index in [9.17, 15) is 19.8 Å². The summed E-state index contributed by atoms with van der Waals surface area (Å²) in [6, 6.07) is 9.66. The number of unbranched alkanes of at least 4 members (excludes halogenated alkanes) is 3. The molecule has 2 aromatic carbocycles. The fraction of sp³-hybridized carbons (Fsp3) is 0.304. The molecule has 0 aliphatic heterocycles. The number of carbonyl (C=O) groups excluding carboxylic acids is 2. The number of hydrogen-bond donors (Lipinski definition) is 2. The summed E-state index contributed by atoms with van der Waals surface area (Å²) >= 11 is 0. The van der Waals surface area contributed by atoms with E-state index in [-0.39, 0.29) is 35.0 Å². The highest BCUT2D eigenvalue weighted by Crippen LogP contribution is 2.35. The molecule has 0 atom stereocenters. The van der Waals surface area contributed by atoms with Crippen molar-refractivity contribution in [2.75, 3.05) is 6.61 Å². The molecule has 0 spiro atoms. The summed E-state index contributed by atoms with van der Waals surface area (Å²) in [7, 11) is 0. The van der Waals surface area contributed by atoms with Crippen LogP contribution in [0.15, 0.2) is 48.2 Å². The zero-order chi connectivity index (χ0) is 20.8. The number of phenols is 2. The third-order valence-electron chi connectivity index (χ3n) is 4.71. The minimum absolute atomic E-state index is 0.0799. The lowest BCUT2D eigenvalue weighted by Crippen LogP contribution is -2.19. The van der Waals surface area contributed by atoms with Crippen LogP contribution in [0, 0.1) is 0 Å². The number of phenolic OH excluding ortho intramolecular Hbond substituents is 2. The van der Waals surface area contributed by atoms with E-state index < -0.39 is 11.6 Å². The van der Waals surface area contributed by atoms with Gasteiger partial charge in [-0.1, -0.05) is 38.3 Å². The van der Waals surface area contributed by atoms with Crippen molar-refractivity contribution in [3.05, 3.63) is 64.9 Å². The van der Waals surface area contributed by atoms with Crippen LogP contribution in [-0.2, 0) is 11.3 Å². The van der Waals surface area contributed by atoms with Crippen LogP contribution in [0.1, 0.15) is 58.9 Å². The first-order valence-electron chi connectivity index (χ1n) is 9.71. The zero-order valence-corrected chi connectivity index (χ0v) is 16.3. The number of ketones is 2. The van der Waals surface area contributed by atoms with Gasteiger partial charge in [-0.05, 0) is 36.2 Å². The lowest BCUT2D eigenvalue weighted by molar-refractivity contribution is 0.0865. The Hall–Kier alpha value is -3.28. The van der Waals surface area contributed by atoms with E-state index >= 15 is 0 Å². The van der Waals surface area contributed by atoms with Crippen LogP contribution in [-0.4, -0.2) is 28.4 Å². The topological polar surface area (TPSA) is 93.1 Å². The third kappa shape index (κ3) is 4.77. The lowest BCUT2D eigenvalue weighted by atomic mass is 9.92. The normalized spacial score (nSPS) is 13.1. The minimum Gasteiger partial charge on any atom is -0.507 e. The van der Waals surface area contributed by atoms with Gasteiger partial charge in [0.15, 0.2) is 11.5 Å². The van der Waals surface area contributed by atoms with Crippen molar-refractivity contribution < 1.29 is 29.3 Å². The first kappa shape index (κ1) is 20.5. The molecule has 1 aliphatic rings. The smallest absolute Gasteiger partial charge is 0.232 e. The molecule has 1 aliphatic carbocycles. The van der Waals surface area contributed by atoms with E-state index in [1.165, 1.54) is 25.0 Å². The van der Waals surface area contributed by atoms with E-state index in [1.807, 2.05) is 24.3 Å². The summed E-state index contributed by atoms with van der Waals surface area (Å²) in [4.78, 5) is 24.8. The van der Waals surface area contributed by atoms with Gasteiger partial charge >= 0.3 is 0 Å². The van der Waals surface area contributed by atoms with Gasteiger partial charge in [-0.25, -0.2) is 0 Å². The molecule has 0 aromatic heterocycles. The van der Waals surface area contributed by atoms with Crippen LogP contribution in [0.25, 0.3) is 0 Å². The van der Waals surface area contributed by atoms with Crippen LogP contribution in [0.5, 0.6) is 17.2 Å². The van der Waals surface area contributed by atoms with E-state index in [1.54, 1.807) is 0 Å². The van der Waals surface area contributed by atoms with E-state index in [0.717, 1.165) is 30.2 Å². The molecule has 0 heterocycles. The predicted molar refractivity (Wildman–Crippen MR) is 107 cm³/mol. The Morgan fingerprint density at radius 1 is 0.828 bits per heavy atom. The molecule has 3 rings (SSSR count). The van der Waals surface area contributed by atoms with E-state index in [4.69, 9.17) is 9.47 Å². The van der Waals surface area contributed by atoms with Crippen LogP contribution in [0.3, 0.4) is 0 Å². The standard InChI is InChI=1S/C23H24O6/c1-2-3-4-5-12-28-16-8-6-15(7-9-16)14-29-20-13-19(26)21-17(24)10-11-18(25)22(21)23(20)27/h6-11,13,24-25H,2-5,12,14H2,1H3. The molecule has 0 radical (unpaired) electrons. The van der Waals surface area contributed by atoms with Gasteiger partial charge in [0.1, 0.15) is 23.9 Å². The molecule has 6 heteroatoms. The van der Waals surface area contributed by atoms with Crippen molar-refractivity contribution in [1.82, 2.24) is 0 Å². The Balaban J connectivity index is 1.60. The van der Waals surface area contributed by atoms with Crippen molar-refractivity contribution >= 4 is 11.6 Å². The molecule has 0 unspecified atom stereocenters. The second kappa shape index (κ2) is 9.28. The van der Waals surface area contributed by atoms with Gasteiger partial charge in [-0.2, -0.15) is 0 Å². The number of fused-ring (bicyclic) bond motifs is 1. The average Bonchev–Trinajstić information content (AvgIpc) is 2.72. The van der Waals surface area contributed by atoms with Crippen molar-refractivity contribution in [2.24, 2.45) is 0 Å². The van der Waals surface area contributed by atoms with Crippen LogP contribution in [0.2, 0.25) is 0 Å². The molecule has 2 aromatic rings. The van der Waals surface area contributed by atoms with Gasteiger partial charge in [0, 0.05) is 6.08 Å². The maximum Gasteiger partial charge on any atom is 0.232 e. The van der Waals surface area contributed by atoms with Crippen LogP contribution >= 0.6 is 0 Å². The summed E-state index contributed by atoms with van der Waals surface area (Å²) < 4.78 is 11.2. The molecule has 0 saturated carbocycles. The minimum atomic E-state index is -0.639. The maximum absolute atomic E-state index is 12.6. The van der Waals surface area contributed by atoms with Crippen molar-refractivity contribution in [2.45, 2.75) is 39.2 Å². The number of carbonyl (C=O) groups is 2. The first-order chi connectivity index (χ1) is 14.0. The Kier molecular flexibility index (Phi) is 6.54. The predicted octanol–water partition coefficient (Wildman–Crippen LogP) is 4.54. The maximum atomic E-state index is 12.6. The molecule has 152 valence electrons. The number of Topliss-reactive ketones (excluding diaryl/α,β-unsaturated/α-hetero) is 1. The number of aromatic hydroxyl groups is 2. The van der Waals surface area contributed by atoms with Gasteiger partial charge in [0.2, 0.25) is 5.78 Å². The molecule has 0 fully saturated rings. The number of benzene rings is 2. The van der Waals surface area contributed by atoms with Crippen molar-refractivity contribution in [3.8, 4) is 17.2 Å². The molecular weight excluding hydrogens is 372 g/mol. The monoisotopic (exact) mass is 396 g/mol. The molecule has 2 N–H and O–H groups in total. The first-order valence-corrected chi connectivity index (χ1v) is 9.71. The van der Waals surface area contributed by atoms with Crippen LogP contribution in [0.4, 0.5) is 0 Å². The fourth-order valence-electron chi connectivity index (χ4n) is 3.11. The quantitative estimate of drug-likeness (QED) is 0.478. The highest BCUT2D eigenvalue weighted by molar-refractivity contribution is 6.25. The Bertz CT molecular complexity index is 927. The summed E-state index contributed by atoms with van der Waals surface area (Å²) in [6.45, 7) is 2.92. The van der Waals surface area contributed by atoms with Gasteiger partial charge < -0.3 is 19.7 Å². The summed E-state index contributed by atoms with van der Waals surface area (Å²) in [5, 5.41) is 19.8. The van der Waals surface area contributed by atoms with E-state index in [2.05, 4.69) is 6.92 Å². The van der Waals surface area contributed by atoms with E-state index in [0.29, 0.717) is 6.61 Å². The molecule has 0 bridgehead atoms. The van der Waals surface area contributed by atoms with Crippen LogP contribution < -0.4 is 4.74 Å². The summed E-state index contributed by atoms with van der Waals surface area (Å²) in [5.41, 5.74) is 0.359. The molecule has 6 nitrogen and oxygen atoms in total. The molecular formula is C23H24O6. The Labute approximate surface area is 169 Å². The number of hydrogen-bond acceptors (Lipinski definition) is 6. The highest BCUT2D eigenvalue weighted by atomic mass is 16.5. The molecule has 0 saturated heterocycles. The second-order valence-corrected chi connectivity index (χ2v) is 6.90. The number of ether oxygens (including phenoxy) is 2. The van der Waals surface area contributed by atoms with Gasteiger partial charge in [0.05, 0.1) is 17.7 Å². The van der Waals surface area contributed by atoms with Gasteiger partial charge in [-0.3, -0.25) is 9.59 Å².